The largest absolute Gasteiger partial charge is 0.337 e. The molecule has 108 valence electrons. The van der Waals surface area contributed by atoms with E-state index in [0.717, 1.165) is 12.8 Å². The van der Waals surface area contributed by atoms with E-state index in [0.29, 0.717) is 35.9 Å². The molecule has 3 nitrogen and oxygen atoms in total. The fraction of sp³-hybridized carbons (Fsp3) is 0.938. The molecule has 4 atom stereocenters. The fourth-order valence-electron chi connectivity index (χ4n) is 4.83. The minimum Gasteiger partial charge on any atom is -0.337 e. The van der Waals surface area contributed by atoms with E-state index in [4.69, 9.17) is 5.73 Å². The van der Waals surface area contributed by atoms with Gasteiger partial charge in [0, 0.05) is 24.0 Å². The maximum atomic E-state index is 12.8. The molecule has 2 saturated carbocycles. The molecule has 3 aliphatic rings. The molecule has 0 radical (unpaired) electrons. The number of carbonyl (C=O) groups excluding carboxylic acids is 1. The topological polar surface area (TPSA) is 46.3 Å². The number of hydrogen-bond acceptors (Lipinski definition) is 2. The lowest BCUT2D eigenvalue weighted by molar-refractivity contribution is -0.141. The normalized spacial score (nSPS) is 46.4. The Hall–Kier alpha value is -0.570. The first-order chi connectivity index (χ1) is 9.08. The van der Waals surface area contributed by atoms with Gasteiger partial charge >= 0.3 is 0 Å². The van der Waals surface area contributed by atoms with Crippen molar-refractivity contribution in [3.63, 3.8) is 0 Å². The number of rotatable bonds is 1. The van der Waals surface area contributed by atoms with E-state index in [2.05, 4.69) is 18.7 Å². The highest BCUT2D eigenvalue weighted by Gasteiger charge is 2.43. The molecule has 1 saturated heterocycles. The third-order valence-electron chi connectivity index (χ3n) is 5.97. The molecule has 1 amide bonds. The van der Waals surface area contributed by atoms with Crippen molar-refractivity contribution in [3.8, 4) is 0 Å². The second-order valence-corrected chi connectivity index (χ2v) is 7.22. The molecule has 1 heterocycles. The number of hydrogen-bond donors (Lipinski definition) is 1. The minimum atomic E-state index is 0.262. The smallest absolute Gasteiger partial charge is 0.226 e. The summed E-state index contributed by atoms with van der Waals surface area (Å²) in [5.41, 5.74) is 6.33. The molecule has 4 unspecified atom stereocenters. The molecule has 0 aromatic carbocycles. The standard InChI is InChI=1S/C16H28N2O/c1-10-6-7-11(2)18(10)16(19)14-8-12-4-3-5-13(9-14)15(12)17/h10-15H,3-9,17H2,1-2H3. The first kappa shape index (κ1) is 13.4. The zero-order chi connectivity index (χ0) is 13.6. The van der Waals surface area contributed by atoms with Crippen molar-refractivity contribution in [2.75, 3.05) is 0 Å². The van der Waals surface area contributed by atoms with Crippen molar-refractivity contribution >= 4 is 5.91 Å². The summed E-state index contributed by atoms with van der Waals surface area (Å²) < 4.78 is 0. The van der Waals surface area contributed by atoms with E-state index < -0.39 is 0 Å². The highest BCUT2D eigenvalue weighted by Crippen LogP contribution is 2.43. The van der Waals surface area contributed by atoms with Crippen LogP contribution in [-0.2, 0) is 4.79 Å². The third kappa shape index (κ3) is 2.31. The van der Waals surface area contributed by atoms with E-state index in [9.17, 15) is 4.79 Å². The van der Waals surface area contributed by atoms with Crippen LogP contribution in [0.1, 0.15) is 58.8 Å². The number of nitrogens with zero attached hydrogens (tertiary/aromatic N) is 1. The average Bonchev–Trinajstić information content (AvgIpc) is 2.68. The fourth-order valence-corrected chi connectivity index (χ4v) is 4.83. The monoisotopic (exact) mass is 264 g/mol. The van der Waals surface area contributed by atoms with Crippen LogP contribution >= 0.6 is 0 Å². The molecule has 3 rings (SSSR count). The summed E-state index contributed by atoms with van der Waals surface area (Å²) in [6, 6.07) is 1.25. The van der Waals surface area contributed by atoms with Crippen LogP contribution in [0.5, 0.6) is 0 Å². The molecule has 3 fully saturated rings. The highest BCUT2D eigenvalue weighted by atomic mass is 16.2. The van der Waals surface area contributed by atoms with Crippen LogP contribution in [0.4, 0.5) is 0 Å². The third-order valence-corrected chi connectivity index (χ3v) is 5.97. The molecule has 1 aliphatic heterocycles. The Kier molecular flexibility index (Phi) is 3.59. The second-order valence-electron chi connectivity index (χ2n) is 7.22. The first-order valence-corrected chi connectivity index (χ1v) is 8.15. The maximum Gasteiger partial charge on any atom is 0.226 e. The SMILES string of the molecule is CC1CCC(C)N1C(=O)C1CC2CCCC(C1)C2N. The summed E-state index contributed by atoms with van der Waals surface area (Å²) in [4.78, 5) is 15.0. The number of fused-ring (bicyclic) bond motifs is 2. The average molecular weight is 264 g/mol. The summed E-state index contributed by atoms with van der Waals surface area (Å²) in [6.07, 6.45) is 8.25. The van der Waals surface area contributed by atoms with E-state index in [-0.39, 0.29) is 5.92 Å². The molecule has 19 heavy (non-hydrogen) atoms. The second kappa shape index (κ2) is 5.08. The zero-order valence-corrected chi connectivity index (χ0v) is 12.3. The zero-order valence-electron chi connectivity index (χ0n) is 12.3. The first-order valence-electron chi connectivity index (χ1n) is 8.15. The lowest BCUT2D eigenvalue weighted by atomic mass is 9.65. The lowest BCUT2D eigenvalue weighted by Gasteiger charge is -2.45. The van der Waals surface area contributed by atoms with Gasteiger partial charge in [-0.1, -0.05) is 6.42 Å². The van der Waals surface area contributed by atoms with Crippen molar-refractivity contribution < 1.29 is 4.79 Å². The number of nitrogens with two attached hydrogens (primary N) is 1. The molecular weight excluding hydrogens is 236 g/mol. The van der Waals surface area contributed by atoms with Crippen LogP contribution in [0, 0.1) is 17.8 Å². The van der Waals surface area contributed by atoms with Crippen molar-refractivity contribution in [2.45, 2.75) is 76.9 Å². The van der Waals surface area contributed by atoms with Crippen molar-refractivity contribution in [2.24, 2.45) is 23.5 Å². The predicted molar refractivity (Wildman–Crippen MR) is 76.5 cm³/mol. The van der Waals surface area contributed by atoms with Crippen molar-refractivity contribution in [3.05, 3.63) is 0 Å². The lowest BCUT2D eigenvalue weighted by Crippen LogP contribution is -2.51. The Balaban J connectivity index is 1.71. The summed E-state index contributed by atoms with van der Waals surface area (Å²) >= 11 is 0. The predicted octanol–water partition coefficient (Wildman–Crippen LogP) is 2.54. The molecule has 2 aliphatic carbocycles. The van der Waals surface area contributed by atoms with Gasteiger partial charge in [0.05, 0.1) is 0 Å². The van der Waals surface area contributed by atoms with Gasteiger partial charge in [-0.2, -0.15) is 0 Å². The van der Waals surface area contributed by atoms with Crippen LogP contribution in [0.25, 0.3) is 0 Å². The summed E-state index contributed by atoms with van der Waals surface area (Å²) in [6.45, 7) is 4.41. The molecule has 2 N–H and O–H groups in total. The number of likely N-dealkylation sites (tertiary alicyclic amines) is 1. The van der Waals surface area contributed by atoms with Gasteiger partial charge < -0.3 is 10.6 Å². The molecule has 3 heteroatoms. The van der Waals surface area contributed by atoms with Gasteiger partial charge in [0.1, 0.15) is 0 Å². The Labute approximate surface area is 116 Å². The molecular formula is C16H28N2O. The van der Waals surface area contributed by atoms with Crippen LogP contribution in [0.3, 0.4) is 0 Å². The molecule has 2 bridgehead atoms. The van der Waals surface area contributed by atoms with Crippen LogP contribution in [0.15, 0.2) is 0 Å². The van der Waals surface area contributed by atoms with Gasteiger partial charge in [0.25, 0.3) is 0 Å². The van der Waals surface area contributed by atoms with E-state index in [1.54, 1.807) is 0 Å². The van der Waals surface area contributed by atoms with Gasteiger partial charge in [-0.3, -0.25) is 4.79 Å². The van der Waals surface area contributed by atoms with Gasteiger partial charge in [-0.05, 0) is 64.2 Å². The van der Waals surface area contributed by atoms with Crippen molar-refractivity contribution in [1.29, 1.82) is 0 Å². The Bertz CT molecular complexity index is 333. The van der Waals surface area contributed by atoms with Gasteiger partial charge in [-0.25, -0.2) is 0 Å². The number of amides is 1. The highest BCUT2D eigenvalue weighted by molar-refractivity contribution is 5.80. The molecule has 0 aromatic heterocycles. The Morgan fingerprint density at radius 2 is 1.53 bits per heavy atom. The summed E-state index contributed by atoms with van der Waals surface area (Å²) in [5.74, 6) is 1.91. The minimum absolute atomic E-state index is 0.262. The molecule has 0 aromatic rings. The quantitative estimate of drug-likeness (QED) is 0.791. The van der Waals surface area contributed by atoms with Crippen LogP contribution in [-0.4, -0.2) is 28.9 Å². The van der Waals surface area contributed by atoms with Crippen LogP contribution < -0.4 is 5.73 Å². The van der Waals surface area contributed by atoms with Gasteiger partial charge in [-0.15, -0.1) is 0 Å². The van der Waals surface area contributed by atoms with Gasteiger partial charge in [0.2, 0.25) is 5.91 Å². The van der Waals surface area contributed by atoms with E-state index >= 15 is 0 Å². The van der Waals surface area contributed by atoms with Gasteiger partial charge in [0.15, 0.2) is 0 Å². The summed E-state index contributed by atoms with van der Waals surface area (Å²) in [7, 11) is 0. The van der Waals surface area contributed by atoms with E-state index in [1.165, 1.54) is 32.1 Å². The molecule has 0 spiro atoms. The summed E-state index contributed by atoms with van der Waals surface area (Å²) in [5, 5.41) is 0. The Morgan fingerprint density at radius 1 is 1.00 bits per heavy atom. The van der Waals surface area contributed by atoms with Crippen LogP contribution in [0.2, 0.25) is 0 Å². The number of carbonyl (C=O) groups is 1. The maximum absolute atomic E-state index is 12.8. The Morgan fingerprint density at radius 3 is 2.05 bits per heavy atom. The van der Waals surface area contributed by atoms with E-state index in [1.807, 2.05) is 0 Å². The van der Waals surface area contributed by atoms with Crippen molar-refractivity contribution in [1.82, 2.24) is 4.90 Å².